The minimum Gasteiger partial charge on any atom is -0.310 e. The molecule has 0 bridgehead atoms. The van der Waals surface area contributed by atoms with E-state index >= 15 is 0 Å². The summed E-state index contributed by atoms with van der Waals surface area (Å²) in [5.41, 5.74) is 1.46. The van der Waals surface area contributed by atoms with E-state index in [9.17, 15) is 4.39 Å². The van der Waals surface area contributed by atoms with Crippen molar-refractivity contribution in [3.8, 4) is 0 Å². The molecule has 1 rings (SSSR count). The molecule has 1 aromatic carbocycles. The van der Waals surface area contributed by atoms with Gasteiger partial charge in [-0.25, -0.2) is 4.39 Å². The van der Waals surface area contributed by atoms with E-state index in [0.717, 1.165) is 12.1 Å². The van der Waals surface area contributed by atoms with Crippen LogP contribution in [0.25, 0.3) is 0 Å². The smallest absolute Gasteiger partial charge is 0.130 e. The highest BCUT2D eigenvalue weighted by molar-refractivity contribution is 5.27. The first-order valence-electron chi connectivity index (χ1n) is 4.65. The highest BCUT2D eigenvalue weighted by Gasteiger charge is 2.10. The van der Waals surface area contributed by atoms with Crippen molar-refractivity contribution in [2.75, 3.05) is 6.54 Å². The van der Waals surface area contributed by atoms with Gasteiger partial charge in [-0.15, -0.1) is 0 Å². The Bertz CT molecular complexity index is 283. The van der Waals surface area contributed by atoms with Crippen LogP contribution >= 0.6 is 0 Å². The van der Waals surface area contributed by atoms with Crippen LogP contribution in [-0.4, -0.2) is 6.54 Å². The molecule has 0 heterocycles. The first-order valence-corrected chi connectivity index (χ1v) is 4.65. The molecule has 0 saturated heterocycles. The Morgan fingerprint density at radius 3 is 2.77 bits per heavy atom. The molecule has 1 unspecified atom stereocenters. The largest absolute Gasteiger partial charge is 0.310 e. The van der Waals surface area contributed by atoms with Gasteiger partial charge in [-0.2, -0.15) is 0 Å². The average Bonchev–Trinajstić information content (AvgIpc) is 2.10. The zero-order valence-electron chi connectivity index (χ0n) is 8.39. The Morgan fingerprint density at radius 2 is 2.15 bits per heavy atom. The molecule has 0 spiro atoms. The summed E-state index contributed by atoms with van der Waals surface area (Å²) >= 11 is 0. The number of hydrogen-bond donors (Lipinski definition) is 1. The number of aryl methyl sites for hydroxylation is 1. The van der Waals surface area contributed by atoms with Crippen molar-refractivity contribution in [3.63, 3.8) is 0 Å². The maximum Gasteiger partial charge on any atom is 0.130 e. The summed E-state index contributed by atoms with van der Waals surface area (Å²) in [6.45, 7) is 6.64. The zero-order chi connectivity index (χ0) is 9.84. The first kappa shape index (κ1) is 10.2. The normalized spacial score (nSPS) is 12.9. The van der Waals surface area contributed by atoms with Gasteiger partial charge in [-0.1, -0.05) is 25.1 Å². The van der Waals surface area contributed by atoms with Gasteiger partial charge in [-0.05, 0) is 26.0 Å². The molecule has 0 amide bonds. The van der Waals surface area contributed by atoms with E-state index in [1.54, 1.807) is 13.0 Å². The summed E-state index contributed by atoms with van der Waals surface area (Å²) in [5.74, 6) is -0.0871. The molecule has 1 nitrogen and oxygen atoms in total. The Kier molecular flexibility index (Phi) is 3.43. The summed E-state index contributed by atoms with van der Waals surface area (Å²) in [6.07, 6.45) is 0. The Balaban J connectivity index is 2.93. The predicted octanol–water partition coefficient (Wildman–Crippen LogP) is 2.80. The van der Waals surface area contributed by atoms with Gasteiger partial charge in [0.1, 0.15) is 5.82 Å². The molecule has 72 valence electrons. The van der Waals surface area contributed by atoms with E-state index in [4.69, 9.17) is 0 Å². The molecule has 13 heavy (non-hydrogen) atoms. The third kappa shape index (κ3) is 2.28. The average molecular weight is 181 g/mol. The van der Waals surface area contributed by atoms with Crippen molar-refractivity contribution in [1.82, 2.24) is 5.32 Å². The summed E-state index contributed by atoms with van der Waals surface area (Å²) in [4.78, 5) is 0. The van der Waals surface area contributed by atoms with Gasteiger partial charge in [0, 0.05) is 11.6 Å². The molecule has 1 N–H and O–H groups in total. The van der Waals surface area contributed by atoms with Crippen LogP contribution in [0.2, 0.25) is 0 Å². The lowest BCUT2D eigenvalue weighted by atomic mass is 10.0. The van der Waals surface area contributed by atoms with Gasteiger partial charge in [0.05, 0.1) is 0 Å². The van der Waals surface area contributed by atoms with Crippen LogP contribution in [0.4, 0.5) is 4.39 Å². The topological polar surface area (TPSA) is 12.0 Å². The maximum absolute atomic E-state index is 13.5. The standard InChI is InChI=1S/C11H16FN/c1-4-13-9(3)10-7-5-6-8(2)11(10)12/h5-7,9,13H,4H2,1-3H3. The SMILES string of the molecule is CCNC(C)c1cccc(C)c1F. The van der Waals surface area contributed by atoms with E-state index < -0.39 is 0 Å². The fourth-order valence-electron chi connectivity index (χ4n) is 1.42. The van der Waals surface area contributed by atoms with Crippen LogP contribution in [0.3, 0.4) is 0 Å². The maximum atomic E-state index is 13.5. The lowest BCUT2D eigenvalue weighted by molar-refractivity contribution is 0.536. The van der Waals surface area contributed by atoms with Crippen molar-refractivity contribution in [2.45, 2.75) is 26.8 Å². The lowest BCUT2D eigenvalue weighted by Crippen LogP contribution is -2.19. The van der Waals surface area contributed by atoms with E-state index in [1.807, 2.05) is 26.0 Å². The minimum atomic E-state index is -0.0871. The van der Waals surface area contributed by atoms with Gasteiger partial charge in [0.2, 0.25) is 0 Å². The molecule has 0 aliphatic carbocycles. The fourth-order valence-corrected chi connectivity index (χ4v) is 1.42. The third-order valence-electron chi connectivity index (χ3n) is 2.20. The number of benzene rings is 1. The van der Waals surface area contributed by atoms with Crippen LogP contribution in [0.1, 0.15) is 31.0 Å². The van der Waals surface area contributed by atoms with Gasteiger partial charge in [0.25, 0.3) is 0 Å². The van der Waals surface area contributed by atoms with Gasteiger partial charge in [0.15, 0.2) is 0 Å². The fraction of sp³-hybridized carbons (Fsp3) is 0.455. The summed E-state index contributed by atoms with van der Waals surface area (Å²) < 4.78 is 13.5. The molecule has 0 aliphatic rings. The van der Waals surface area contributed by atoms with Gasteiger partial charge < -0.3 is 5.32 Å². The van der Waals surface area contributed by atoms with Crippen molar-refractivity contribution in [3.05, 3.63) is 35.1 Å². The van der Waals surface area contributed by atoms with Gasteiger partial charge >= 0.3 is 0 Å². The molecule has 2 heteroatoms. The molecule has 0 saturated carbocycles. The van der Waals surface area contributed by atoms with Crippen LogP contribution in [0, 0.1) is 12.7 Å². The molecule has 0 aliphatic heterocycles. The monoisotopic (exact) mass is 181 g/mol. The van der Waals surface area contributed by atoms with Gasteiger partial charge in [-0.3, -0.25) is 0 Å². The summed E-state index contributed by atoms with van der Waals surface area (Å²) in [5, 5.41) is 3.19. The van der Waals surface area contributed by atoms with Crippen molar-refractivity contribution < 1.29 is 4.39 Å². The van der Waals surface area contributed by atoms with E-state index in [-0.39, 0.29) is 11.9 Å². The van der Waals surface area contributed by atoms with E-state index in [0.29, 0.717) is 5.56 Å². The van der Waals surface area contributed by atoms with Crippen molar-refractivity contribution in [2.24, 2.45) is 0 Å². The number of rotatable bonds is 3. The molecular formula is C11H16FN. The number of nitrogens with one attached hydrogen (secondary N) is 1. The molecule has 1 atom stereocenters. The molecular weight excluding hydrogens is 165 g/mol. The molecule has 0 radical (unpaired) electrons. The second-order valence-electron chi connectivity index (χ2n) is 3.26. The van der Waals surface area contributed by atoms with Crippen molar-refractivity contribution in [1.29, 1.82) is 0 Å². The second-order valence-corrected chi connectivity index (χ2v) is 3.26. The number of halogens is 1. The molecule has 1 aromatic rings. The second kappa shape index (κ2) is 4.38. The third-order valence-corrected chi connectivity index (χ3v) is 2.20. The predicted molar refractivity (Wildman–Crippen MR) is 53.2 cm³/mol. The van der Waals surface area contributed by atoms with Crippen LogP contribution < -0.4 is 5.32 Å². The molecule has 0 fully saturated rings. The number of hydrogen-bond acceptors (Lipinski definition) is 1. The minimum absolute atomic E-state index is 0.0871. The van der Waals surface area contributed by atoms with E-state index in [1.165, 1.54) is 0 Å². The van der Waals surface area contributed by atoms with Crippen LogP contribution in [0.15, 0.2) is 18.2 Å². The summed E-state index contributed by atoms with van der Waals surface area (Å²) in [6, 6.07) is 5.60. The summed E-state index contributed by atoms with van der Waals surface area (Å²) in [7, 11) is 0. The van der Waals surface area contributed by atoms with E-state index in [2.05, 4.69) is 5.32 Å². The highest BCUT2D eigenvalue weighted by atomic mass is 19.1. The molecule has 0 aromatic heterocycles. The Labute approximate surface area is 79.0 Å². The Morgan fingerprint density at radius 1 is 1.46 bits per heavy atom. The first-order chi connectivity index (χ1) is 6.16. The van der Waals surface area contributed by atoms with Crippen LogP contribution in [0.5, 0.6) is 0 Å². The quantitative estimate of drug-likeness (QED) is 0.756. The zero-order valence-corrected chi connectivity index (χ0v) is 8.39. The highest BCUT2D eigenvalue weighted by Crippen LogP contribution is 2.18. The van der Waals surface area contributed by atoms with Crippen LogP contribution in [-0.2, 0) is 0 Å². The van der Waals surface area contributed by atoms with Crippen molar-refractivity contribution >= 4 is 0 Å². The Hall–Kier alpha value is -0.890. The lowest BCUT2D eigenvalue weighted by Gasteiger charge is -2.14.